The van der Waals surface area contributed by atoms with Gasteiger partial charge in [-0.05, 0) is 54.3 Å². The summed E-state index contributed by atoms with van der Waals surface area (Å²) >= 11 is 6.32. The van der Waals surface area contributed by atoms with Gasteiger partial charge in [0.1, 0.15) is 5.02 Å². The summed E-state index contributed by atoms with van der Waals surface area (Å²) in [6, 6.07) is 13.9. The Kier molecular flexibility index (Phi) is 5.43. The number of carbonyl (C=O) groups excluding carboxylic acids is 1. The zero-order valence-electron chi connectivity index (χ0n) is 17.0. The second-order valence-electron chi connectivity index (χ2n) is 7.50. The van der Waals surface area contributed by atoms with E-state index in [1.165, 1.54) is 0 Å². The molecule has 0 aliphatic carbocycles. The van der Waals surface area contributed by atoms with Crippen LogP contribution in [-0.4, -0.2) is 25.8 Å². The van der Waals surface area contributed by atoms with Crippen LogP contribution in [0.15, 0.2) is 61.2 Å². The van der Waals surface area contributed by atoms with Crippen LogP contribution in [0, 0.1) is 0 Å². The van der Waals surface area contributed by atoms with Gasteiger partial charge in [-0.15, -0.1) is 0 Å². The number of rotatable bonds is 3. The molecule has 0 fully saturated rings. The molecule has 0 unspecified atom stereocenters. The predicted molar refractivity (Wildman–Crippen MR) is 125 cm³/mol. The molecule has 8 nitrogen and oxygen atoms in total. The molecular formula is C23H20ClN7O. The van der Waals surface area contributed by atoms with Gasteiger partial charge in [0.25, 0.3) is 0 Å². The standard InChI is InChI=1S/C23H20ClN7O/c24-19-12-26-23-29-16-3-1-2-14(8-16)4-5-15-9-17(28-22(19)31-23)6-7-20(15)30-21(32)10-18-11-25-13-27-18/h1-3,6-9,11-13H,4-5,10H2,(H,25,27)(H,30,32)(H2,26,28,29,31). The van der Waals surface area contributed by atoms with Crippen molar-refractivity contribution in [2.75, 3.05) is 16.0 Å². The van der Waals surface area contributed by atoms with Gasteiger partial charge in [-0.1, -0.05) is 23.7 Å². The number of aryl methyl sites for hydroxylation is 2. The molecule has 0 saturated heterocycles. The Morgan fingerprint density at radius 1 is 1.06 bits per heavy atom. The molecule has 5 rings (SSSR count). The van der Waals surface area contributed by atoms with Gasteiger partial charge in [0.15, 0.2) is 5.82 Å². The van der Waals surface area contributed by atoms with Crippen molar-refractivity contribution in [2.45, 2.75) is 19.3 Å². The summed E-state index contributed by atoms with van der Waals surface area (Å²) in [6.07, 6.45) is 6.60. The monoisotopic (exact) mass is 445 g/mol. The number of aromatic amines is 1. The van der Waals surface area contributed by atoms with E-state index in [0.717, 1.165) is 41.0 Å². The normalized spacial score (nSPS) is 12.4. The van der Waals surface area contributed by atoms with E-state index in [2.05, 4.69) is 48.0 Å². The smallest absolute Gasteiger partial charge is 0.230 e. The van der Waals surface area contributed by atoms with E-state index in [9.17, 15) is 4.79 Å². The van der Waals surface area contributed by atoms with E-state index in [1.54, 1.807) is 18.7 Å². The molecule has 9 heteroatoms. The van der Waals surface area contributed by atoms with Crippen molar-refractivity contribution in [1.29, 1.82) is 0 Å². The highest BCUT2D eigenvalue weighted by Crippen LogP contribution is 2.29. The van der Waals surface area contributed by atoms with Gasteiger partial charge in [0, 0.05) is 23.3 Å². The van der Waals surface area contributed by atoms with Crippen molar-refractivity contribution in [3.63, 3.8) is 0 Å². The first kappa shape index (κ1) is 20.0. The molecule has 3 heterocycles. The highest BCUT2D eigenvalue weighted by Gasteiger charge is 2.13. The lowest BCUT2D eigenvalue weighted by Crippen LogP contribution is -2.16. The number of nitrogens with zero attached hydrogens (tertiary/aromatic N) is 3. The zero-order chi connectivity index (χ0) is 21.9. The summed E-state index contributed by atoms with van der Waals surface area (Å²) in [5, 5.41) is 9.93. The Hall–Kier alpha value is -3.91. The molecule has 0 saturated carbocycles. The molecule has 2 aromatic heterocycles. The number of carbonyl (C=O) groups is 1. The Morgan fingerprint density at radius 2 is 1.97 bits per heavy atom. The van der Waals surface area contributed by atoms with Crippen LogP contribution in [0.25, 0.3) is 0 Å². The van der Waals surface area contributed by atoms with Crippen molar-refractivity contribution in [3.05, 3.63) is 83.0 Å². The van der Waals surface area contributed by atoms with Crippen molar-refractivity contribution in [1.82, 2.24) is 19.9 Å². The van der Waals surface area contributed by atoms with E-state index in [0.29, 0.717) is 22.5 Å². The highest BCUT2D eigenvalue weighted by molar-refractivity contribution is 6.32. The minimum absolute atomic E-state index is 0.119. The minimum Gasteiger partial charge on any atom is -0.351 e. The molecule has 0 atom stereocenters. The lowest BCUT2D eigenvalue weighted by molar-refractivity contribution is -0.115. The molecule has 6 bridgehead atoms. The fourth-order valence-corrected chi connectivity index (χ4v) is 3.75. The second-order valence-corrected chi connectivity index (χ2v) is 7.91. The van der Waals surface area contributed by atoms with E-state index in [4.69, 9.17) is 11.6 Å². The van der Waals surface area contributed by atoms with Gasteiger partial charge in [0.05, 0.1) is 24.6 Å². The number of fused-ring (bicyclic) bond motifs is 6. The van der Waals surface area contributed by atoms with Crippen molar-refractivity contribution >= 4 is 46.3 Å². The van der Waals surface area contributed by atoms with Crippen LogP contribution in [0.1, 0.15) is 16.8 Å². The third kappa shape index (κ3) is 4.55. The number of anilines is 5. The quantitative estimate of drug-likeness (QED) is 0.366. The van der Waals surface area contributed by atoms with Crippen LogP contribution in [-0.2, 0) is 24.1 Å². The Bertz CT molecular complexity index is 1270. The first-order chi connectivity index (χ1) is 15.6. The van der Waals surface area contributed by atoms with E-state index in [1.807, 2.05) is 30.3 Å². The third-order valence-electron chi connectivity index (χ3n) is 5.15. The number of halogens is 1. The second kappa shape index (κ2) is 8.68. The van der Waals surface area contributed by atoms with Gasteiger partial charge >= 0.3 is 0 Å². The van der Waals surface area contributed by atoms with Crippen LogP contribution >= 0.6 is 11.6 Å². The van der Waals surface area contributed by atoms with Crippen LogP contribution in [0.2, 0.25) is 5.02 Å². The Labute approximate surface area is 189 Å². The number of imidazole rings is 1. The first-order valence-corrected chi connectivity index (χ1v) is 10.6. The lowest BCUT2D eigenvalue weighted by atomic mass is 10.0. The number of aromatic nitrogens is 4. The summed E-state index contributed by atoms with van der Waals surface area (Å²) in [6.45, 7) is 0. The van der Waals surface area contributed by atoms with Gasteiger partial charge in [0.2, 0.25) is 11.9 Å². The molecule has 4 aromatic rings. The SMILES string of the molecule is O=C(Cc1c[nH]cn1)Nc1ccc2cc1CCc1cccc(c1)Nc1ncc(Cl)c(n1)N2. The highest BCUT2D eigenvalue weighted by atomic mass is 35.5. The van der Waals surface area contributed by atoms with Gasteiger partial charge in [-0.2, -0.15) is 4.98 Å². The van der Waals surface area contributed by atoms with Crippen LogP contribution in [0.5, 0.6) is 0 Å². The number of hydrogen-bond donors (Lipinski definition) is 4. The van der Waals surface area contributed by atoms with E-state index in [-0.39, 0.29) is 12.3 Å². The predicted octanol–water partition coefficient (Wildman–Crippen LogP) is 4.62. The van der Waals surface area contributed by atoms with E-state index >= 15 is 0 Å². The maximum absolute atomic E-state index is 12.6. The molecule has 4 N–H and O–H groups in total. The van der Waals surface area contributed by atoms with Crippen LogP contribution in [0.4, 0.5) is 28.8 Å². The molecule has 32 heavy (non-hydrogen) atoms. The lowest BCUT2D eigenvalue weighted by Gasteiger charge is -2.14. The fraction of sp³-hybridized carbons (Fsp3) is 0.130. The largest absolute Gasteiger partial charge is 0.351 e. The number of H-pyrrole nitrogens is 1. The summed E-state index contributed by atoms with van der Waals surface area (Å²) in [7, 11) is 0. The molecule has 1 amide bonds. The summed E-state index contributed by atoms with van der Waals surface area (Å²) in [5.41, 5.74) is 5.36. The van der Waals surface area contributed by atoms with E-state index < -0.39 is 0 Å². The Morgan fingerprint density at radius 3 is 2.84 bits per heavy atom. The fourth-order valence-electron chi connectivity index (χ4n) is 3.61. The summed E-state index contributed by atoms with van der Waals surface area (Å²) < 4.78 is 0. The van der Waals surface area contributed by atoms with Crippen LogP contribution < -0.4 is 16.0 Å². The Balaban J connectivity index is 1.49. The van der Waals surface area contributed by atoms with Crippen LogP contribution in [0.3, 0.4) is 0 Å². The maximum atomic E-state index is 12.6. The summed E-state index contributed by atoms with van der Waals surface area (Å²) in [4.78, 5) is 28.3. The molecule has 1 aliphatic rings. The van der Waals surface area contributed by atoms with Crippen molar-refractivity contribution < 1.29 is 4.79 Å². The molecule has 0 spiro atoms. The average Bonchev–Trinajstić information content (AvgIpc) is 3.29. The van der Waals surface area contributed by atoms with Gasteiger partial charge in [-0.3, -0.25) is 4.79 Å². The topological polar surface area (TPSA) is 108 Å². The zero-order valence-corrected chi connectivity index (χ0v) is 17.8. The van der Waals surface area contributed by atoms with Crippen molar-refractivity contribution in [3.8, 4) is 0 Å². The number of benzene rings is 2. The molecule has 1 aliphatic heterocycles. The molecule has 160 valence electrons. The average molecular weight is 446 g/mol. The summed E-state index contributed by atoms with van der Waals surface area (Å²) in [5.74, 6) is 0.836. The number of hydrogen-bond acceptors (Lipinski definition) is 6. The van der Waals surface area contributed by atoms with Gasteiger partial charge in [-0.25, -0.2) is 9.97 Å². The molecular weight excluding hydrogens is 426 g/mol. The third-order valence-corrected chi connectivity index (χ3v) is 5.43. The first-order valence-electron chi connectivity index (χ1n) is 10.2. The molecule has 0 radical (unpaired) electrons. The number of nitrogens with one attached hydrogen (secondary N) is 4. The number of amides is 1. The maximum Gasteiger partial charge on any atom is 0.230 e. The van der Waals surface area contributed by atoms with Crippen molar-refractivity contribution in [2.24, 2.45) is 0 Å². The van der Waals surface area contributed by atoms with Gasteiger partial charge < -0.3 is 20.9 Å². The minimum atomic E-state index is -0.119. The molecule has 2 aromatic carbocycles.